The van der Waals surface area contributed by atoms with E-state index in [0.29, 0.717) is 11.5 Å². The smallest absolute Gasteiger partial charge is 0.118 e. The zero-order chi connectivity index (χ0) is 23.3. The van der Waals surface area contributed by atoms with Crippen molar-refractivity contribution in [3.05, 3.63) is 59.7 Å². The second-order valence-corrected chi connectivity index (χ2v) is 9.00. The number of unbranched alkanes of at least 4 members (excludes halogenated alkanes) is 12. The molecule has 0 aromatic heterocycles. The molecule has 0 aliphatic rings. The number of phenolic OH excluding ortho intramolecular Hbond substituents is 2. The Hall–Kier alpha value is -1.96. The van der Waals surface area contributed by atoms with Gasteiger partial charge in [-0.05, 0) is 48.9 Å². The summed E-state index contributed by atoms with van der Waals surface area (Å²) in [4.78, 5) is 0. The van der Waals surface area contributed by atoms with Crippen molar-refractivity contribution in [2.24, 2.45) is 0 Å². The lowest BCUT2D eigenvalue weighted by Crippen LogP contribution is -1.87. The minimum Gasteiger partial charge on any atom is -0.508 e. The van der Waals surface area contributed by atoms with Crippen molar-refractivity contribution in [2.75, 3.05) is 0 Å². The Kier molecular flexibility index (Phi) is 17.3. The number of hydrogen-bond donors (Lipinski definition) is 2. The zero-order valence-corrected chi connectivity index (χ0v) is 20.8. The highest BCUT2D eigenvalue weighted by Gasteiger charge is 2.00. The van der Waals surface area contributed by atoms with Crippen LogP contribution in [0.5, 0.6) is 11.5 Å². The van der Waals surface area contributed by atoms with Crippen LogP contribution in [0.25, 0.3) is 0 Å². The van der Waals surface area contributed by atoms with E-state index in [1.165, 1.54) is 89.9 Å². The highest BCUT2D eigenvalue weighted by atomic mass is 16.3. The quantitative estimate of drug-likeness (QED) is 0.255. The predicted octanol–water partition coefficient (Wildman–Crippen LogP) is 9.37. The number of benzene rings is 2. The average molecular weight is 441 g/mol. The van der Waals surface area contributed by atoms with Crippen molar-refractivity contribution in [2.45, 2.75) is 117 Å². The molecule has 0 amide bonds. The normalized spacial score (nSPS) is 10.6. The molecular formula is C30H48O2. The SMILES string of the molecule is CCCCCCCCCc1ccccc1O.CCCCCCCCCc1ccccc1O. The fourth-order valence-electron chi connectivity index (χ4n) is 3.99. The van der Waals surface area contributed by atoms with Crippen LogP contribution in [0.15, 0.2) is 48.5 Å². The molecule has 0 heterocycles. The summed E-state index contributed by atoms with van der Waals surface area (Å²) < 4.78 is 0. The van der Waals surface area contributed by atoms with Crippen molar-refractivity contribution in [3.8, 4) is 11.5 Å². The van der Waals surface area contributed by atoms with E-state index in [1.54, 1.807) is 12.1 Å². The van der Waals surface area contributed by atoms with Gasteiger partial charge in [0.05, 0.1) is 0 Å². The molecular weight excluding hydrogens is 392 g/mol. The molecule has 0 saturated heterocycles. The average Bonchev–Trinajstić information content (AvgIpc) is 2.80. The molecule has 0 spiro atoms. The van der Waals surface area contributed by atoms with Gasteiger partial charge in [0, 0.05) is 0 Å². The Morgan fingerprint density at radius 3 is 1.09 bits per heavy atom. The van der Waals surface area contributed by atoms with Gasteiger partial charge in [0.25, 0.3) is 0 Å². The Bertz CT molecular complexity index is 621. The highest BCUT2D eigenvalue weighted by molar-refractivity contribution is 5.32. The van der Waals surface area contributed by atoms with E-state index in [-0.39, 0.29) is 0 Å². The van der Waals surface area contributed by atoms with Crippen LogP contribution in [0.1, 0.15) is 115 Å². The fourth-order valence-corrected chi connectivity index (χ4v) is 3.99. The van der Waals surface area contributed by atoms with Crippen molar-refractivity contribution in [1.82, 2.24) is 0 Å². The summed E-state index contributed by atoms with van der Waals surface area (Å²) in [7, 11) is 0. The van der Waals surface area contributed by atoms with Gasteiger partial charge >= 0.3 is 0 Å². The van der Waals surface area contributed by atoms with E-state index in [9.17, 15) is 10.2 Å². The Balaban J connectivity index is 0.000000320. The lowest BCUT2D eigenvalue weighted by molar-refractivity contribution is 0.465. The van der Waals surface area contributed by atoms with Gasteiger partial charge in [-0.2, -0.15) is 0 Å². The standard InChI is InChI=1S/2C15H24O/c2*1-2-3-4-5-6-7-8-11-14-12-9-10-13-15(14)16/h2*9-10,12-13,16H,2-8,11H2,1H3. The van der Waals surface area contributed by atoms with Crippen LogP contribution in [0.4, 0.5) is 0 Å². The topological polar surface area (TPSA) is 40.5 Å². The molecule has 0 bridgehead atoms. The third-order valence-corrected chi connectivity index (χ3v) is 6.08. The van der Waals surface area contributed by atoms with Gasteiger partial charge in [0.15, 0.2) is 0 Å². The number of phenols is 2. The van der Waals surface area contributed by atoms with Crippen LogP contribution in [-0.4, -0.2) is 10.2 Å². The number of aromatic hydroxyl groups is 2. The van der Waals surface area contributed by atoms with Crippen LogP contribution in [0.3, 0.4) is 0 Å². The van der Waals surface area contributed by atoms with Crippen LogP contribution in [-0.2, 0) is 12.8 Å². The van der Waals surface area contributed by atoms with Gasteiger partial charge in [0.2, 0.25) is 0 Å². The molecule has 32 heavy (non-hydrogen) atoms. The maximum absolute atomic E-state index is 9.58. The molecule has 0 unspecified atom stereocenters. The van der Waals surface area contributed by atoms with E-state index >= 15 is 0 Å². The number of aryl methyl sites for hydroxylation is 2. The van der Waals surface area contributed by atoms with E-state index in [2.05, 4.69) is 13.8 Å². The summed E-state index contributed by atoms with van der Waals surface area (Å²) in [6.07, 6.45) is 20.6. The molecule has 2 heteroatoms. The van der Waals surface area contributed by atoms with Crippen LogP contribution in [0, 0.1) is 0 Å². The minimum atomic E-state index is 0.452. The predicted molar refractivity (Wildman–Crippen MR) is 140 cm³/mol. The van der Waals surface area contributed by atoms with Crippen LogP contribution >= 0.6 is 0 Å². The van der Waals surface area contributed by atoms with E-state index in [4.69, 9.17) is 0 Å². The Morgan fingerprint density at radius 1 is 0.438 bits per heavy atom. The van der Waals surface area contributed by atoms with Gasteiger partial charge in [-0.3, -0.25) is 0 Å². The first-order valence-corrected chi connectivity index (χ1v) is 13.2. The first kappa shape index (κ1) is 28.1. The number of rotatable bonds is 16. The Labute approximate surface area is 198 Å². The monoisotopic (exact) mass is 440 g/mol. The maximum Gasteiger partial charge on any atom is 0.118 e. The van der Waals surface area contributed by atoms with Gasteiger partial charge in [-0.1, -0.05) is 127 Å². The minimum absolute atomic E-state index is 0.452. The zero-order valence-electron chi connectivity index (χ0n) is 20.8. The molecule has 0 aliphatic heterocycles. The maximum atomic E-state index is 9.58. The number of hydrogen-bond acceptors (Lipinski definition) is 2. The van der Waals surface area contributed by atoms with Crippen molar-refractivity contribution in [3.63, 3.8) is 0 Å². The molecule has 2 aromatic rings. The van der Waals surface area contributed by atoms with Gasteiger partial charge in [0.1, 0.15) is 11.5 Å². The molecule has 0 atom stereocenters. The fraction of sp³-hybridized carbons (Fsp3) is 0.600. The third kappa shape index (κ3) is 14.2. The highest BCUT2D eigenvalue weighted by Crippen LogP contribution is 2.20. The molecule has 180 valence electrons. The van der Waals surface area contributed by atoms with Gasteiger partial charge in [-0.15, -0.1) is 0 Å². The van der Waals surface area contributed by atoms with E-state index in [0.717, 1.165) is 24.0 Å². The summed E-state index contributed by atoms with van der Waals surface area (Å²) >= 11 is 0. The first-order valence-electron chi connectivity index (χ1n) is 13.2. The van der Waals surface area contributed by atoms with Crippen molar-refractivity contribution < 1.29 is 10.2 Å². The molecule has 2 rings (SSSR count). The molecule has 0 fully saturated rings. The molecule has 0 radical (unpaired) electrons. The second kappa shape index (κ2) is 19.7. The van der Waals surface area contributed by atoms with Gasteiger partial charge in [-0.25, -0.2) is 0 Å². The first-order chi connectivity index (χ1) is 15.7. The largest absolute Gasteiger partial charge is 0.508 e. The molecule has 2 nitrogen and oxygen atoms in total. The molecule has 2 N–H and O–H groups in total. The summed E-state index contributed by atoms with van der Waals surface area (Å²) in [6.45, 7) is 4.50. The lowest BCUT2D eigenvalue weighted by Gasteiger charge is -2.04. The Morgan fingerprint density at radius 2 is 0.750 bits per heavy atom. The van der Waals surface area contributed by atoms with E-state index in [1.807, 2.05) is 36.4 Å². The number of para-hydroxylation sites is 2. The second-order valence-electron chi connectivity index (χ2n) is 9.00. The summed E-state index contributed by atoms with van der Waals surface area (Å²) in [5.41, 5.74) is 2.19. The molecule has 0 saturated carbocycles. The summed E-state index contributed by atoms with van der Waals surface area (Å²) in [5.74, 6) is 0.905. The third-order valence-electron chi connectivity index (χ3n) is 6.08. The van der Waals surface area contributed by atoms with Gasteiger partial charge < -0.3 is 10.2 Å². The van der Waals surface area contributed by atoms with Crippen LogP contribution in [0.2, 0.25) is 0 Å². The van der Waals surface area contributed by atoms with E-state index < -0.39 is 0 Å². The summed E-state index contributed by atoms with van der Waals surface area (Å²) in [5, 5.41) is 19.2. The summed E-state index contributed by atoms with van der Waals surface area (Å²) in [6, 6.07) is 15.3. The van der Waals surface area contributed by atoms with Crippen LogP contribution < -0.4 is 0 Å². The van der Waals surface area contributed by atoms with Crippen molar-refractivity contribution >= 4 is 0 Å². The molecule has 0 aliphatic carbocycles. The lowest BCUT2D eigenvalue weighted by atomic mass is 10.0. The molecule has 2 aromatic carbocycles. The van der Waals surface area contributed by atoms with Crippen molar-refractivity contribution in [1.29, 1.82) is 0 Å².